The number of aromatic nitrogens is 2. The lowest BCUT2D eigenvalue weighted by molar-refractivity contribution is 0.571. The van der Waals surface area contributed by atoms with E-state index in [1.165, 1.54) is 0 Å². The summed E-state index contributed by atoms with van der Waals surface area (Å²) in [6.45, 7) is 8.64. The van der Waals surface area contributed by atoms with Gasteiger partial charge >= 0.3 is 0 Å². The van der Waals surface area contributed by atoms with Crippen LogP contribution in [0, 0.1) is 0 Å². The standard InChI is InChI=1S/C9H15N2P/c1-9(2,3)7-8(12-4)11-6-5-10-7/h5-6,12H,1-4H3. The van der Waals surface area contributed by atoms with Crippen molar-refractivity contribution in [1.82, 2.24) is 9.97 Å². The van der Waals surface area contributed by atoms with Gasteiger partial charge in [0.15, 0.2) is 0 Å². The molecule has 0 spiro atoms. The summed E-state index contributed by atoms with van der Waals surface area (Å²) >= 11 is 0. The van der Waals surface area contributed by atoms with Crippen LogP contribution in [0.3, 0.4) is 0 Å². The summed E-state index contributed by atoms with van der Waals surface area (Å²) in [7, 11) is 0.729. The van der Waals surface area contributed by atoms with E-state index in [2.05, 4.69) is 37.4 Å². The monoisotopic (exact) mass is 182 g/mol. The average molecular weight is 182 g/mol. The van der Waals surface area contributed by atoms with Gasteiger partial charge in [0.1, 0.15) is 0 Å². The van der Waals surface area contributed by atoms with Gasteiger partial charge in [0.05, 0.1) is 11.1 Å². The maximum Gasteiger partial charge on any atom is 0.0816 e. The molecular formula is C9H15N2P. The Morgan fingerprint density at radius 2 is 1.75 bits per heavy atom. The van der Waals surface area contributed by atoms with Gasteiger partial charge in [-0.15, -0.1) is 0 Å². The molecule has 1 rings (SSSR count). The van der Waals surface area contributed by atoms with Crippen molar-refractivity contribution in [1.29, 1.82) is 0 Å². The molecule has 12 heavy (non-hydrogen) atoms. The Labute approximate surface area is 75.6 Å². The first-order valence-corrected chi connectivity index (χ1v) is 5.55. The van der Waals surface area contributed by atoms with E-state index in [0.29, 0.717) is 0 Å². The van der Waals surface area contributed by atoms with Crippen LogP contribution in [0.15, 0.2) is 12.4 Å². The lowest BCUT2D eigenvalue weighted by Crippen LogP contribution is -2.23. The Morgan fingerprint density at radius 1 is 1.17 bits per heavy atom. The number of hydrogen-bond acceptors (Lipinski definition) is 2. The summed E-state index contributed by atoms with van der Waals surface area (Å²) in [5, 5.41) is 0. The van der Waals surface area contributed by atoms with Gasteiger partial charge in [-0.3, -0.25) is 9.97 Å². The Kier molecular flexibility index (Phi) is 2.79. The highest BCUT2D eigenvalue weighted by molar-refractivity contribution is 7.46. The van der Waals surface area contributed by atoms with Crippen molar-refractivity contribution in [2.75, 3.05) is 6.66 Å². The number of rotatable bonds is 1. The molecular weight excluding hydrogens is 167 g/mol. The molecule has 1 heterocycles. The second kappa shape index (κ2) is 3.49. The van der Waals surface area contributed by atoms with Crippen LogP contribution >= 0.6 is 8.58 Å². The summed E-state index contributed by atoms with van der Waals surface area (Å²) in [6.07, 6.45) is 3.53. The zero-order chi connectivity index (χ0) is 9.19. The fraction of sp³-hybridized carbons (Fsp3) is 0.556. The van der Waals surface area contributed by atoms with Crippen molar-refractivity contribution >= 4 is 14.0 Å². The zero-order valence-corrected chi connectivity index (χ0v) is 9.05. The van der Waals surface area contributed by atoms with E-state index in [1.807, 2.05) is 0 Å². The molecule has 1 aromatic rings. The summed E-state index contributed by atoms with van der Waals surface area (Å²) in [6, 6.07) is 0. The fourth-order valence-corrected chi connectivity index (χ4v) is 1.95. The van der Waals surface area contributed by atoms with Crippen LogP contribution in [-0.4, -0.2) is 16.6 Å². The molecule has 0 bridgehead atoms. The predicted molar refractivity (Wildman–Crippen MR) is 54.6 cm³/mol. The lowest BCUT2D eigenvalue weighted by atomic mass is 9.93. The Bertz CT molecular complexity index is 265. The zero-order valence-electron chi connectivity index (χ0n) is 8.05. The van der Waals surface area contributed by atoms with E-state index in [1.54, 1.807) is 12.4 Å². The molecule has 0 saturated heterocycles. The van der Waals surface area contributed by atoms with E-state index in [0.717, 1.165) is 19.7 Å². The van der Waals surface area contributed by atoms with Crippen LogP contribution in [0.4, 0.5) is 0 Å². The van der Waals surface area contributed by atoms with E-state index in [4.69, 9.17) is 0 Å². The molecule has 3 heteroatoms. The van der Waals surface area contributed by atoms with E-state index in [9.17, 15) is 0 Å². The van der Waals surface area contributed by atoms with Gasteiger partial charge < -0.3 is 0 Å². The molecule has 0 amide bonds. The highest BCUT2D eigenvalue weighted by Gasteiger charge is 2.18. The Balaban J connectivity index is 3.14. The van der Waals surface area contributed by atoms with Crippen LogP contribution in [0.2, 0.25) is 0 Å². The third-order valence-electron chi connectivity index (χ3n) is 1.65. The van der Waals surface area contributed by atoms with E-state index in [-0.39, 0.29) is 5.41 Å². The first-order valence-electron chi connectivity index (χ1n) is 4.05. The van der Waals surface area contributed by atoms with Gasteiger partial charge in [-0.05, 0) is 6.66 Å². The molecule has 0 aliphatic heterocycles. The van der Waals surface area contributed by atoms with Gasteiger partial charge in [-0.25, -0.2) is 0 Å². The minimum absolute atomic E-state index is 0.118. The first kappa shape index (κ1) is 9.60. The van der Waals surface area contributed by atoms with E-state index >= 15 is 0 Å². The molecule has 0 aliphatic carbocycles. The van der Waals surface area contributed by atoms with Crippen molar-refractivity contribution in [3.63, 3.8) is 0 Å². The fourth-order valence-electron chi connectivity index (χ4n) is 1.07. The SMILES string of the molecule is CPc1nccnc1C(C)(C)C. The molecule has 0 fully saturated rings. The maximum atomic E-state index is 4.37. The molecule has 1 unspecified atom stereocenters. The molecule has 1 atom stereocenters. The highest BCUT2D eigenvalue weighted by Crippen LogP contribution is 2.20. The van der Waals surface area contributed by atoms with Crippen LogP contribution in [-0.2, 0) is 5.41 Å². The van der Waals surface area contributed by atoms with Crippen LogP contribution < -0.4 is 5.44 Å². The van der Waals surface area contributed by atoms with Gasteiger partial charge in [0.25, 0.3) is 0 Å². The predicted octanol–water partition coefficient (Wildman–Crippen LogP) is 1.71. The molecule has 0 saturated carbocycles. The van der Waals surface area contributed by atoms with Crippen molar-refractivity contribution < 1.29 is 0 Å². The minimum atomic E-state index is 0.118. The van der Waals surface area contributed by atoms with Gasteiger partial charge in [0, 0.05) is 17.8 Å². The first-order chi connectivity index (χ1) is 5.55. The maximum absolute atomic E-state index is 4.37. The smallest absolute Gasteiger partial charge is 0.0816 e. The average Bonchev–Trinajstić information content (AvgIpc) is 2.03. The number of nitrogens with zero attached hydrogens (tertiary/aromatic N) is 2. The molecule has 0 radical (unpaired) electrons. The van der Waals surface area contributed by atoms with Crippen molar-refractivity contribution in [3.8, 4) is 0 Å². The van der Waals surface area contributed by atoms with Gasteiger partial charge in [-0.2, -0.15) is 0 Å². The third kappa shape index (κ3) is 2.01. The van der Waals surface area contributed by atoms with Crippen LogP contribution in [0.5, 0.6) is 0 Å². The van der Waals surface area contributed by atoms with Crippen LogP contribution in [0.1, 0.15) is 26.5 Å². The van der Waals surface area contributed by atoms with Gasteiger partial charge in [-0.1, -0.05) is 29.4 Å². The van der Waals surface area contributed by atoms with E-state index < -0.39 is 0 Å². The van der Waals surface area contributed by atoms with Crippen molar-refractivity contribution in [3.05, 3.63) is 18.1 Å². The largest absolute Gasteiger partial charge is 0.257 e. The minimum Gasteiger partial charge on any atom is -0.257 e. The van der Waals surface area contributed by atoms with Gasteiger partial charge in [0.2, 0.25) is 0 Å². The lowest BCUT2D eigenvalue weighted by Gasteiger charge is -2.19. The molecule has 0 N–H and O–H groups in total. The summed E-state index contributed by atoms with van der Waals surface area (Å²) in [5.74, 6) is 0. The van der Waals surface area contributed by atoms with Crippen LogP contribution in [0.25, 0.3) is 0 Å². The summed E-state index contributed by atoms with van der Waals surface area (Å²) in [5.41, 5.74) is 2.39. The molecule has 0 aromatic carbocycles. The quantitative estimate of drug-likeness (QED) is 0.618. The second-order valence-corrected chi connectivity index (χ2v) is 4.73. The summed E-state index contributed by atoms with van der Waals surface area (Å²) in [4.78, 5) is 8.68. The second-order valence-electron chi connectivity index (χ2n) is 3.75. The normalized spacial score (nSPS) is 12.7. The topological polar surface area (TPSA) is 25.8 Å². The molecule has 1 aromatic heterocycles. The summed E-state index contributed by atoms with van der Waals surface area (Å²) < 4.78 is 0. The molecule has 2 nitrogen and oxygen atoms in total. The van der Waals surface area contributed by atoms with Crippen molar-refractivity contribution in [2.24, 2.45) is 0 Å². The third-order valence-corrected chi connectivity index (χ3v) is 2.48. The molecule has 66 valence electrons. The van der Waals surface area contributed by atoms with Crippen molar-refractivity contribution in [2.45, 2.75) is 26.2 Å². The highest BCUT2D eigenvalue weighted by atomic mass is 31.1. The Hall–Kier alpha value is -0.490. The Morgan fingerprint density at radius 3 is 2.17 bits per heavy atom. The molecule has 0 aliphatic rings. The number of hydrogen-bond donors (Lipinski definition) is 0.